The molecule has 5 aromatic rings. The molecule has 6 rings (SSSR count). The van der Waals surface area contributed by atoms with Crippen molar-refractivity contribution in [3.05, 3.63) is 83.0 Å². The number of carboxylic acids is 1. The molecule has 1 fully saturated rings. The summed E-state index contributed by atoms with van der Waals surface area (Å²) in [6, 6.07) is 20.0. The summed E-state index contributed by atoms with van der Waals surface area (Å²) in [5, 5.41) is 12.6. The Morgan fingerprint density at radius 1 is 1.00 bits per heavy atom. The third kappa shape index (κ3) is 4.75. The van der Waals surface area contributed by atoms with Gasteiger partial charge in [-0.15, -0.1) is 22.7 Å². The molecule has 1 unspecified atom stereocenters. The number of hydrogen-bond acceptors (Lipinski definition) is 7. The van der Waals surface area contributed by atoms with E-state index < -0.39 is 17.5 Å². The van der Waals surface area contributed by atoms with Crippen LogP contribution in [0.4, 0.5) is 10.5 Å². The van der Waals surface area contributed by atoms with Crippen molar-refractivity contribution in [3.63, 3.8) is 0 Å². The number of nitrogens with zero attached hydrogens (tertiary/aromatic N) is 1. The average Bonchev–Trinajstić information content (AvgIpc) is 3.35. The van der Waals surface area contributed by atoms with Gasteiger partial charge < -0.3 is 9.84 Å². The number of carbonyl (C=O) groups excluding carboxylic acids is 1. The van der Waals surface area contributed by atoms with E-state index in [-0.39, 0.29) is 6.10 Å². The number of amides is 1. The van der Waals surface area contributed by atoms with E-state index in [0.717, 1.165) is 52.0 Å². The summed E-state index contributed by atoms with van der Waals surface area (Å²) in [5.74, 6) is -0.732. The van der Waals surface area contributed by atoms with Gasteiger partial charge in [-0.25, -0.2) is 4.79 Å². The summed E-state index contributed by atoms with van der Waals surface area (Å²) in [7, 11) is 0. The number of carbonyl (C=O) groups is 2. The molecule has 0 bridgehead atoms. The molecular formula is C30H26N2O4S3. The number of nitrogens with one attached hydrogen (secondary N) is 1. The van der Waals surface area contributed by atoms with Crippen LogP contribution in [0.2, 0.25) is 0 Å². The lowest BCUT2D eigenvalue weighted by Gasteiger charge is -2.14. The highest BCUT2D eigenvalue weighted by Gasteiger charge is 2.51. The van der Waals surface area contributed by atoms with Crippen molar-refractivity contribution in [2.24, 2.45) is 0 Å². The normalized spacial score (nSPS) is 14.7. The lowest BCUT2D eigenvalue weighted by Crippen LogP contribution is -2.19. The second-order valence-electron chi connectivity index (χ2n) is 9.92. The van der Waals surface area contributed by atoms with Gasteiger partial charge in [-0.2, -0.15) is 4.37 Å². The van der Waals surface area contributed by atoms with E-state index in [9.17, 15) is 14.7 Å². The molecular weight excluding hydrogens is 549 g/mol. The first-order valence-electron chi connectivity index (χ1n) is 12.6. The molecule has 1 aliphatic carbocycles. The highest BCUT2D eigenvalue weighted by molar-refractivity contribution is 7.32. The summed E-state index contributed by atoms with van der Waals surface area (Å²) < 4.78 is 12.4. The van der Waals surface area contributed by atoms with E-state index in [1.54, 1.807) is 22.7 Å². The van der Waals surface area contributed by atoms with E-state index >= 15 is 0 Å². The first kappa shape index (κ1) is 25.7. The Kier molecular flexibility index (Phi) is 6.53. The molecule has 0 spiro atoms. The number of hydrogen-bond donors (Lipinski definition) is 2. The number of aromatic nitrogens is 1. The molecule has 3 heterocycles. The van der Waals surface area contributed by atoms with Crippen LogP contribution < -0.4 is 5.32 Å². The van der Waals surface area contributed by atoms with Crippen LogP contribution in [-0.4, -0.2) is 21.5 Å². The Hall–Kier alpha value is -3.53. The van der Waals surface area contributed by atoms with Gasteiger partial charge in [0.05, 0.1) is 26.6 Å². The third-order valence-corrected chi connectivity index (χ3v) is 10.7. The van der Waals surface area contributed by atoms with E-state index in [1.165, 1.54) is 11.5 Å². The van der Waals surface area contributed by atoms with Crippen LogP contribution in [0.1, 0.15) is 48.3 Å². The zero-order valence-corrected chi connectivity index (χ0v) is 24.1. The van der Waals surface area contributed by atoms with Crippen LogP contribution in [-0.2, 0) is 14.9 Å². The molecule has 1 saturated carbocycles. The van der Waals surface area contributed by atoms with Gasteiger partial charge in [-0.3, -0.25) is 10.1 Å². The maximum atomic E-state index is 12.7. The fraction of sp³-hybridized carbons (Fsp3) is 0.233. The van der Waals surface area contributed by atoms with Crippen LogP contribution in [0.15, 0.2) is 60.7 Å². The summed E-state index contributed by atoms with van der Waals surface area (Å²) in [6.07, 6.45) is 0.530. The zero-order valence-electron chi connectivity index (χ0n) is 21.6. The molecule has 1 amide bonds. The number of rotatable bonds is 7. The topological polar surface area (TPSA) is 88.5 Å². The number of anilines is 1. The largest absolute Gasteiger partial charge is 0.481 e. The molecule has 1 atom stereocenters. The average molecular weight is 575 g/mol. The number of aryl methyl sites for hydroxylation is 2. The molecule has 2 N–H and O–H groups in total. The third-order valence-electron chi connectivity index (χ3n) is 7.28. The number of carboxylic acid groups (broad SMARTS) is 1. The van der Waals surface area contributed by atoms with Gasteiger partial charge >= 0.3 is 12.1 Å². The van der Waals surface area contributed by atoms with Crippen molar-refractivity contribution in [1.29, 1.82) is 0 Å². The van der Waals surface area contributed by atoms with E-state index in [4.69, 9.17) is 4.74 Å². The fourth-order valence-corrected chi connectivity index (χ4v) is 8.27. The minimum absolute atomic E-state index is 0.372. The van der Waals surface area contributed by atoms with E-state index in [2.05, 4.69) is 27.9 Å². The minimum Gasteiger partial charge on any atom is -0.481 e. The first-order valence-corrected chi connectivity index (χ1v) is 15.0. The molecule has 198 valence electrons. The van der Waals surface area contributed by atoms with Crippen molar-refractivity contribution >= 4 is 61.4 Å². The Labute approximate surface area is 238 Å². The molecule has 6 nitrogen and oxygen atoms in total. The van der Waals surface area contributed by atoms with Crippen LogP contribution in [0.5, 0.6) is 0 Å². The SMILES string of the molecule is Cc1cc(C2(C(=O)O)CC2)ccc1-c1cc2sc(-c3snc(C)c3NC(=O)OC(C)c3ccccc3)cc2s1. The van der Waals surface area contributed by atoms with Gasteiger partial charge in [-0.1, -0.05) is 48.5 Å². The summed E-state index contributed by atoms with van der Waals surface area (Å²) in [5.41, 5.74) is 4.78. The van der Waals surface area contributed by atoms with Crippen LogP contribution in [0.25, 0.3) is 29.6 Å². The minimum atomic E-state index is -0.732. The second-order valence-corrected chi connectivity index (χ2v) is 12.9. The van der Waals surface area contributed by atoms with Crippen LogP contribution in [0, 0.1) is 13.8 Å². The van der Waals surface area contributed by atoms with Crippen molar-refractivity contribution in [3.8, 4) is 20.2 Å². The summed E-state index contributed by atoms with van der Waals surface area (Å²) in [6.45, 7) is 5.78. The predicted molar refractivity (Wildman–Crippen MR) is 159 cm³/mol. The maximum Gasteiger partial charge on any atom is 0.412 e. The van der Waals surface area contributed by atoms with Crippen molar-refractivity contribution in [1.82, 2.24) is 4.37 Å². The van der Waals surface area contributed by atoms with Gasteiger partial charge in [-0.05, 0) is 79.5 Å². The highest BCUT2D eigenvalue weighted by atomic mass is 32.1. The zero-order chi connectivity index (χ0) is 27.3. The molecule has 39 heavy (non-hydrogen) atoms. The lowest BCUT2D eigenvalue weighted by atomic mass is 9.92. The Bertz CT molecular complexity index is 1680. The van der Waals surface area contributed by atoms with Gasteiger partial charge in [0.2, 0.25) is 0 Å². The van der Waals surface area contributed by atoms with E-state index in [1.807, 2.05) is 63.2 Å². The Balaban J connectivity index is 1.22. The smallest absolute Gasteiger partial charge is 0.412 e. The highest BCUT2D eigenvalue weighted by Crippen LogP contribution is 2.50. The van der Waals surface area contributed by atoms with Crippen LogP contribution >= 0.6 is 34.2 Å². The standard InChI is InChI=1S/C30H26N2O4S3/c1-16-13-20(30(11-12-30)28(33)34)9-10-21(16)22-14-23-24(37-22)15-25(38-23)27-26(17(2)32-39-27)31-29(35)36-18(3)19-7-5-4-6-8-19/h4-10,13-15,18H,11-12H2,1-3H3,(H,31,35)(H,33,34). The predicted octanol–water partition coefficient (Wildman–Crippen LogP) is 8.80. The first-order chi connectivity index (χ1) is 18.7. The van der Waals surface area contributed by atoms with Crippen molar-refractivity contribution in [2.75, 3.05) is 5.32 Å². The molecule has 0 saturated heterocycles. The van der Waals surface area contributed by atoms with Crippen molar-refractivity contribution in [2.45, 2.75) is 45.1 Å². The molecule has 9 heteroatoms. The fourth-order valence-electron chi connectivity index (χ4n) is 4.84. The maximum absolute atomic E-state index is 12.7. The molecule has 2 aromatic carbocycles. The number of thiophene rings is 2. The second kappa shape index (κ2) is 9.89. The molecule has 1 aliphatic rings. The number of benzene rings is 2. The number of ether oxygens (including phenoxy) is 1. The quantitative estimate of drug-likeness (QED) is 0.203. The van der Waals surface area contributed by atoms with Crippen molar-refractivity contribution < 1.29 is 19.4 Å². The summed E-state index contributed by atoms with van der Waals surface area (Å²) >= 11 is 4.75. The molecule has 3 aromatic heterocycles. The summed E-state index contributed by atoms with van der Waals surface area (Å²) in [4.78, 5) is 27.6. The number of aliphatic carboxylic acids is 1. The lowest BCUT2D eigenvalue weighted by molar-refractivity contribution is -0.140. The Morgan fingerprint density at radius 3 is 2.36 bits per heavy atom. The Morgan fingerprint density at radius 2 is 1.69 bits per heavy atom. The molecule has 0 aliphatic heterocycles. The van der Waals surface area contributed by atoms with Crippen LogP contribution in [0.3, 0.4) is 0 Å². The van der Waals surface area contributed by atoms with E-state index in [0.29, 0.717) is 18.5 Å². The van der Waals surface area contributed by atoms with Gasteiger partial charge in [0, 0.05) is 14.3 Å². The monoisotopic (exact) mass is 574 g/mol. The van der Waals surface area contributed by atoms with Gasteiger partial charge in [0.1, 0.15) is 6.10 Å². The van der Waals surface area contributed by atoms with Gasteiger partial charge in [0.15, 0.2) is 0 Å². The number of fused-ring (bicyclic) bond motifs is 1. The molecule has 0 radical (unpaired) electrons. The van der Waals surface area contributed by atoms with Gasteiger partial charge in [0.25, 0.3) is 0 Å².